The van der Waals surface area contributed by atoms with E-state index in [0.29, 0.717) is 6.54 Å². The third kappa shape index (κ3) is 3.68. The lowest BCUT2D eigenvalue weighted by molar-refractivity contribution is 0.567. The van der Waals surface area contributed by atoms with E-state index in [4.69, 9.17) is 0 Å². The van der Waals surface area contributed by atoms with E-state index >= 15 is 0 Å². The standard InChI is InChI=1S/C19H21FN4O2S/c1-13-9-19-14(11-21-24(19)17-5-3-15(20)4-6-17)10-18(13)23-8-7-16(12-23)22-27(2,25)26/h3-6,9-11,16,22H,7-8,12H2,1-2H3/t16-/m0/s1. The number of hydrogen-bond donors (Lipinski definition) is 1. The molecule has 0 saturated carbocycles. The number of aryl methyl sites for hydroxylation is 1. The maximum atomic E-state index is 13.2. The fourth-order valence-electron chi connectivity index (χ4n) is 3.67. The molecule has 1 atom stereocenters. The van der Waals surface area contributed by atoms with Crippen molar-refractivity contribution in [3.8, 4) is 5.69 Å². The number of benzene rings is 2. The van der Waals surface area contributed by atoms with E-state index in [2.05, 4.69) is 26.9 Å². The van der Waals surface area contributed by atoms with Crippen molar-refractivity contribution in [2.45, 2.75) is 19.4 Å². The van der Waals surface area contributed by atoms with Gasteiger partial charge in [-0.2, -0.15) is 5.10 Å². The highest BCUT2D eigenvalue weighted by Crippen LogP contribution is 2.30. The van der Waals surface area contributed by atoms with Crippen LogP contribution in [0.15, 0.2) is 42.6 Å². The Labute approximate surface area is 157 Å². The van der Waals surface area contributed by atoms with Gasteiger partial charge in [0.25, 0.3) is 0 Å². The van der Waals surface area contributed by atoms with Crippen molar-refractivity contribution in [1.29, 1.82) is 0 Å². The molecule has 142 valence electrons. The van der Waals surface area contributed by atoms with Gasteiger partial charge in [-0.15, -0.1) is 0 Å². The number of anilines is 1. The highest BCUT2D eigenvalue weighted by molar-refractivity contribution is 7.88. The second kappa shape index (κ2) is 6.61. The van der Waals surface area contributed by atoms with Crippen LogP contribution in [0.3, 0.4) is 0 Å². The van der Waals surface area contributed by atoms with Gasteiger partial charge in [0.1, 0.15) is 5.82 Å². The van der Waals surface area contributed by atoms with E-state index in [1.807, 2.05) is 6.92 Å². The Balaban J connectivity index is 1.65. The molecule has 27 heavy (non-hydrogen) atoms. The van der Waals surface area contributed by atoms with E-state index in [0.717, 1.165) is 40.8 Å². The van der Waals surface area contributed by atoms with Gasteiger partial charge < -0.3 is 4.90 Å². The van der Waals surface area contributed by atoms with Crippen molar-refractivity contribution in [1.82, 2.24) is 14.5 Å². The lowest BCUT2D eigenvalue weighted by Gasteiger charge is -2.21. The van der Waals surface area contributed by atoms with Gasteiger partial charge in [-0.3, -0.25) is 0 Å². The number of aromatic nitrogens is 2. The van der Waals surface area contributed by atoms with Crippen molar-refractivity contribution in [3.63, 3.8) is 0 Å². The molecule has 0 aliphatic carbocycles. The lowest BCUT2D eigenvalue weighted by Crippen LogP contribution is -2.36. The van der Waals surface area contributed by atoms with Crippen LogP contribution in [0.25, 0.3) is 16.6 Å². The highest BCUT2D eigenvalue weighted by Gasteiger charge is 2.26. The minimum Gasteiger partial charge on any atom is -0.370 e. The van der Waals surface area contributed by atoms with Crippen molar-refractivity contribution in [2.24, 2.45) is 0 Å². The van der Waals surface area contributed by atoms with Crippen LogP contribution in [0.1, 0.15) is 12.0 Å². The smallest absolute Gasteiger partial charge is 0.209 e. The summed E-state index contributed by atoms with van der Waals surface area (Å²) in [7, 11) is -3.21. The number of rotatable bonds is 4. The molecule has 4 rings (SSSR count). The molecular weight excluding hydrogens is 367 g/mol. The molecule has 1 fully saturated rings. The quantitative estimate of drug-likeness (QED) is 0.746. The van der Waals surface area contributed by atoms with Crippen LogP contribution in [0, 0.1) is 12.7 Å². The molecule has 1 N–H and O–H groups in total. The summed E-state index contributed by atoms with van der Waals surface area (Å²) in [5.74, 6) is -0.278. The molecule has 1 aromatic heterocycles. The average molecular weight is 388 g/mol. The SMILES string of the molecule is Cc1cc2c(cnn2-c2ccc(F)cc2)cc1N1CC[C@H](NS(C)(=O)=O)C1. The van der Waals surface area contributed by atoms with Crippen molar-refractivity contribution in [3.05, 3.63) is 54.0 Å². The van der Waals surface area contributed by atoms with Gasteiger partial charge in [0, 0.05) is 30.2 Å². The first-order valence-corrected chi connectivity index (χ1v) is 10.7. The predicted octanol–water partition coefficient (Wildman–Crippen LogP) is 2.60. The predicted molar refractivity (Wildman–Crippen MR) is 104 cm³/mol. The molecule has 0 amide bonds. The molecule has 0 spiro atoms. The van der Waals surface area contributed by atoms with Gasteiger partial charge in [-0.25, -0.2) is 22.2 Å². The first-order valence-electron chi connectivity index (χ1n) is 8.77. The Morgan fingerprint density at radius 3 is 2.67 bits per heavy atom. The first-order chi connectivity index (χ1) is 12.8. The zero-order chi connectivity index (χ0) is 19.2. The van der Waals surface area contributed by atoms with Crippen LogP contribution in [0.4, 0.5) is 10.1 Å². The van der Waals surface area contributed by atoms with Crippen LogP contribution < -0.4 is 9.62 Å². The third-order valence-electron chi connectivity index (χ3n) is 4.87. The van der Waals surface area contributed by atoms with E-state index in [9.17, 15) is 12.8 Å². The van der Waals surface area contributed by atoms with E-state index < -0.39 is 10.0 Å². The Kier molecular flexibility index (Phi) is 4.39. The minimum atomic E-state index is -3.21. The fourth-order valence-corrected chi connectivity index (χ4v) is 4.47. The molecule has 0 radical (unpaired) electrons. The summed E-state index contributed by atoms with van der Waals surface area (Å²) < 4.78 is 40.6. The summed E-state index contributed by atoms with van der Waals surface area (Å²) in [6, 6.07) is 10.3. The molecule has 2 aromatic carbocycles. The van der Waals surface area contributed by atoms with Crippen molar-refractivity contribution in [2.75, 3.05) is 24.2 Å². The number of fused-ring (bicyclic) bond motifs is 1. The van der Waals surface area contributed by atoms with Crippen molar-refractivity contribution < 1.29 is 12.8 Å². The topological polar surface area (TPSA) is 67.2 Å². The molecule has 1 aliphatic rings. The van der Waals surface area contributed by atoms with Gasteiger partial charge in [-0.1, -0.05) is 0 Å². The molecule has 1 saturated heterocycles. The Morgan fingerprint density at radius 1 is 1.22 bits per heavy atom. The second-order valence-corrected chi connectivity index (χ2v) is 8.83. The fraction of sp³-hybridized carbons (Fsp3) is 0.316. The minimum absolute atomic E-state index is 0.0722. The summed E-state index contributed by atoms with van der Waals surface area (Å²) in [4.78, 5) is 2.20. The molecule has 2 heterocycles. The van der Waals surface area contributed by atoms with Gasteiger partial charge in [-0.05, 0) is 55.3 Å². The molecule has 8 heteroatoms. The number of nitrogens with one attached hydrogen (secondary N) is 1. The van der Waals surface area contributed by atoms with Crippen LogP contribution in [0.5, 0.6) is 0 Å². The molecule has 6 nitrogen and oxygen atoms in total. The van der Waals surface area contributed by atoms with Crippen LogP contribution in [0.2, 0.25) is 0 Å². The number of nitrogens with zero attached hydrogens (tertiary/aromatic N) is 3. The molecule has 0 unspecified atom stereocenters. The van der Waals surface area contributed by atoms with Gasteiger partial charge in [0.05, 0.1) is 23.7 Å². The number of hydrogen-bond acceptors (Lipinski definition) is 4. The van der Waals surface area contributed by atoms with Gasteiger partial charge in [0.2, 0.25) is 10.0 Å². The Morgan fingerprint density at radius 2 is 1.96 bits per heavy atom. The largest absolute Gasteiger partial charge is 0.370 e. The number of halogens is 1. The maximum absolute atomic E-state index is 13.2. The van der Waals surface area contributed by atoms with Crippen molar-refractivity contribution >= 4 is 26.6 Å². The lowest BCUT2D eigenvalue weighted by atomic mass is 10.1. The normalized spacial score (nSPS) is 17.7. The first kappa shape index (κ1) is 17.9. The zero-order valence-corrected chi connectivity index (χ0v) is 16.0. The van der Waals surface area contributed by atoms with Crippen LogP contribution in [-0.2, 0) is 10.0 Å². The van der Waals surface area contributed by atoms with E-state index in [1.165, 1.54) is 18.4 Å². The number of sulfonamides is 1. The zero-order valence-electron chi connectivity index (χ0n) is 15.2. The molecular formula is C19H21FN4O2S. The second-order valence-electron chi connectivity index (χ2n) is 7.05. The molecule has 3 aromatic rings. The maximum Gasteiger partial charge on any atom is 0.209 e. The summed E-state index contributed by atoms with van der Waals surface area (Å²) in [5.41, 5.74) is 3.93. The van der Waals surface area contributed by atoms with E-state index in [-0.39, 0.29) is 11.9 Å². The summed E-state index contributed by atoms with van der Waals surface area (Å²) >= 11 is 0. The molecule has 1 aliphatic heterocycles. The monoisotopic (exact) mass is 388 g/mol. The van der Waals surface area contributed by atoms with Gasteiger partial charge in [0.15, 0.2) is 0 Å². The van der Waals surface area contributed by atoms with Crippen LogP contribution in [-0.4, -0.2) is 43.6 Å². The Bertz CT molecular complexity index is 1090. The average Bonchev–Trinajstić information content (AvgIpc) is 3.20. The summed E-state index contributed by atoms with van der Waals surface area (Å²) in [6.07, 6.45) is 3.76. The van der Waals surface area contributed by atoms with Gasteiger partial charge >= 0.3 is 0 Å². The summed E-state index contributed by atoms with van der Waals surface area (Å²) in [5, 5.41) is 5.44. The third-order valence-corrected chi connectivity index (χ3v) is 5.63. The highest BCUT2D eigenvalue weighted by atomic mass is 32.2. The Hall–Kier alpha value is -2.45. The van der Waals surface area contributed by atoms with E-state index in [1.54, 1.807) is 23.0 Å². The molecule has 0 bridgehead atoms. The summed E-state index contributed by atoms with van der Waals surface area (Å²) in [6.45, 7) is 3.48. The van der Waals surface area contributed by atoms with Crippen LogP contribution >= 0.6 is 0 Å².